The van der Waals surface area contributed by atoms with Gasteiger partial charge in [0.1, 0.15) is 11.4 Å². The maximum absolute atomic E-state index is 12.2. The van der Waals surface area contributed by atoms with Gasteiger partial charge in [-0.2, -0.15) is 5.10 Å². The molecule has 0 radical (unpaired) electrons. The zero-order valence-corrected chi connectivity index (χ0v) is 24.6. The van der Waals surface area contributed by atoms with Crippen molar-refractivity contribution in [2.75, 3.05) is 5.32 Å². The third-order valence-electron chi connectivity index (χ3n) is 6.87. The number of fused-ring (bicyclic) bond motifs is 1. The Hall–Kier alpha value is -3.07. The van der Waals surface area contributed by atoms with E-state index in [4.69, 9.17) is 15.5 Å². The number of aryl methyl sites for hydroxylation is 2. The zero-order chi connectivity index (χ0) is 27.4. The molecule has 1 amide bonds. The van der Waals surface area contributed by atoms with Crippen LogP contribution in [0, 0.1) is 0 Å². The molecule has 0 spiro atoms. The van der Waals surface area contributed by atoms with Gasteiger partial charge in [-0.1, -0.05) is 32.0 Å². The fourth-order valence-electron chi connectivity index (χ4n) is 4.97. The van der Waals surface area contributed by atoms with Crippen molar-refractivity contribution in [3.63, 3.8) is 0 Å². The molecular weight excluding hydrogens is 544 g/mol. The number of aromatic nitrogens is 2. The summed E-state index contributed by atoms with van der Waals surface area (Å²) >= 11 is 3.59. The molecule has 8 nitrogen and oxygen atoms in total. The molecule has 1 aliphatic rings. The van der Waals surface area contributed by atoms with Crippen LogP contribution in [0.25, 0.3) is 5.52 Å². The number of rotatable bonds is 7. The van der Waals surface area contributed by atoms with Gasteiger partial charge in [0.2, 0.25) is 0 Å². The lowest BCUT2D eigenvalue weighted by atomic mass is 9.91. The van der Waals surface area contributed by atoms with Gasteiger partial charge in [-0.3, -0.25) is 0 Å². The van der Waals surface area contributed by atoms with E-state index in [0.29, 0.717) is 5.84 Å². The highest BCUT2D eigenvalue weighted by Crippen LogP contribution is 2.31. The third-order valence-corrected chi connectivity index (χ3v) is 7.31. The Bertz CT molecular complexity index is 1300. The number of benzene rings is 1. The van der Waals surface area contributed by atoms with E-state index in [0.717, 1.165) is 65.5 Å². The van der Waals surface area contributed by atoms with E-state index in [2.05, 4.69) is 63.7 Å². The van der Waals surface area contributed by atoms with Gasteiger partial charge in [0.15, 0.2) is 0 Å². The third kappa shape index (κ3) is 6.67. The molecule has 38 heavy (non-hydrogen) atoms. The van der Waals surface area contributed by atoms with Gasteiger partial charge in [0, 0.05) is 22.8 Å². The van der Waals surface area contributed by atoms with Gasteiger partial charge >= 0.3 is 6.09 Å². The number of hydrogen-bond acceptors (Lipinski definition) is 5. The number of carbonyl (C=O) groups is 1. The Labute approximate surface area is 233 Å². The minimum Gasteiger partial charge on any atom is -0.444 e. The van der Waals surface area contributed by atoms with Crippen LogP contribution in [-0.2, 0) is 17.6 Å². The number of aliphatic imine (C=N–C) groups is 1. The van der Waals surface area contributed by atoms with Crippen molar-refractivity contribution in [3.05, 3.63) is 57.8 Å². The van der Waals surface area contributed by atoms with Crippen LogP contribution in [-0.4, -0.2) is 39.2 Å². The number of hydrogen-bond donors (Lipinski definition) is 3. The van der Waals surface area contributed by atoms with E-state index in [1.807, 2.05) is 37.5 Å². The topological polar surface area (TPSA) is 106 Å². The first-order valence-corrected chi connectivity index (χ1v) is 14.3. The summed E-state index contributed by atoms with van der Waals surface area (Å²) in [5, 5.41) is 11.4. The maximum Gasteiger partial charge on any atom is 0.407 e. The number of amides is 1. The summed E-state index contributed by atoms with van der Waals surface area (Å²) in [4.78, 5) is 17.2. The Morgan fingerprint density at radius 2 is 1.79 bits per heavy atom. The Morgan fingerprint density at radius 1 is 1.16 bits per heavy atom. The number of para-hydroxylation sites is 1. The van der Waals surface area contributed by atoms with Crippen molar-refractivity contribution in [1.82, 2.24) is 14.9 Å². The smallest absolute Gasteiger partial charge is 0.407 e. The molecule has 2 aromatic heterocycles. The number of nitrogens with zero attached hydrogens (tertiary/aromatic N) is 3. The number of nitrogens with two attached hydrogens (primary N) is 1. The molecular formula is C29H39BrN6O2. The molecule has 9 heteroatoms. The number of amidine groups is 1. The number of carbonyl (C=O) groups excluding carboxylic acids is 1. The molecule has 1 aliphatic carbocycles. The largest absolute Gasteiger partial charge is 0.444 e. The van der Waals surface area contributed by atoms with E-state index < -0.39 is 5.60 Å². The first-order valence-electron chi connectivity index (χ1n) is 13.5. The van der Waals surface area contributed by atoms with Crippen LogP contribution in [0.15, 0.2) is 46.1 Å². The summed E-state index contributed by atoms with van der Waals surface area (Å²) < 4.78 is 8.21. The highest BCUT2D eigenvalue weighted by Gasteiger charge is 2.26. The normalized spacial score (nSPS) is 18.4. The number of anilines is 1. The number of alkyl carbamates (subject to hydrolysis) is 1. The van der Waals surface area contributed by atoms with E-state index in [9.17, 15) is 4.79 Å². The first kappa shape index (κ1) is 28.0. The molecule has 0 atom stereocenters. The Kier molecular flexibility index (Phi) is 8.65. The quantitative estimate of drug-likeness (QED) is 0.217. The lowest BCUT2D eigenvalue weighted by Crippen LogP contribution is -2.42. The van der Waals surface area contributed by atoms with Crippen molar-refractivity contribution in [3.8, 4) is 0 Å². The van der Waals surface area contributed by atoms with Gasteiger partial charge < -0.3 is 21.1 Å². The standard InChI is InChI=1S/C29H39BrN6O2/c1-6-18-9-8-10-19(7-2)25(18)35-27(31)23-16-32-36-17-20(30)15-24(36)26(23)33-21-11-13-22(14-12-21)34-28(37)38-29(3,4)5/h8-10,15-17,21-22,33H,6-7,11-14H2,1-5H3,(H2,31,35)(H,34,37)/t21-,22-. The minimum atomic E-state index is -0.505. The van der Waals surface area contributed by atoms with Gasteiger partial charge in [-0.15, -0.1) is 0 Å². The van der Waals surface area contributed by atoms with Crippen molar-refractivity contribution in [2.45, 2.75) is 90.8 Å². The van der Waals surface area contributed by atoms with Crippen LogP contribution in [0.2, 0.25) is 0 Å². The molecule has 4 rings (SSSR count). The molecule has 0 unspecified atom stereocenters. The summed E-state index contributed by atoms with van der Waals surface area (Å²) in [6, 6.07) is 8.68. The SMILES string of the molecule is CCc1cccc(CC)c1N=C(N)c1cnn2cc(Br)cc2c1N[C@H]1CC[C@H](NC(=O)OC(C)(C)C)CC1. The average Bonchev–Trinajstić information content (AvgIpc) is 3.25. The fourth-order valence-corrected chi connectivity index (χ4v) is 5.38. The summed E-state index contributed by atoms with van der Waals surface area (Å²) in [5.41, 5.74) is 12.1. The van der Waals surface area contributed by atoms with Crippen LogP contribution in [0.3, 0.4) is 0 Å². The van der Waals surface area contributed by atoms with Crippen LogP contribution >= 0.6 is 15.9 Å². The molecule has 1 saturated carbocycles. The number of nitrogens with one attached hydrogen (secondary N) is 2. The molecule has 0 saturated heterocycles. The lowest BCUT2D eigenvalue weighted by Gasteiger charge is -2.31. The van der Waals surface area contributed by atoms with Crippen LogP contribution in [0.4, 0.5) is 16.2 Å². The fraction of sp³-hybridized carbons (Fsp3) is 0.483. The van der Waals surface area contributed by atoms with E-state index >= 15 is 0 Å². The second-order valence-electron chi connectivity index (χ2n) is 10.9. The Balaban J connectivity index is 1.58. The minimum absolute atomic E-state index is 0.104. The summed E-state index contributed by atoms with van der Waals surface area (Å²) in [6.45, 7) is 9.89. The van der Waals surface area contributed by atoms with E-state index in [1.54, 1.807) is 6.20 Å². The highest BCUT2D eigenvalue weighted by atomic mass is 79.9. The summed E-state index contributed by atoms with van der Waals surface area (Å²) in [5.74, 6) is 0.440. The van der Waals surface area contributed by atoms with Gasteiger partial charge in [-0.25, -0.2) is 14.3 Å². The maximum atomic E-state index is 12.2. The van der Waals surface area contributed by atoms with Crippen molar-refractivity contribution in [1.29, 1.82) is 0 Å². The van der Waals surface area contributed by atoms with E-state index in [1.165, 1.54) is 11.1 Å². The molecule has 4 N–H and O–H groups in total. The summed E-state index contributed by atoms with van der Waals surface area (Å²) in [6.07, 6.45) is 8.68. The van der Waals surface area contributed by atoms with Gasteiger partial charge in [-0.05, 0) is 92.4 Å². The second kappa shape index (κ2) is 11.8. The average molecular weight is 584 g/mol. The van der Waals surface area contributed by atoms with E-state index in [-0.39, 0.29) is 18.2 Å². The highest BCUT2D eigenvalue weighted by molar-refractivity contribution is 9.10. The first-order chi connectivity index (χ1) is 18.1. The van der Waals surface area contributed by atoms with Crippen molar-refractivity contribution < 1.29 is 9.53 Å². The van der Waals surface area contributed by atoms with Crippen LogP contribution in [0.1, 0.15) is 77.0 Å². The van der Waals surface area contributed by atoms with Crippen LogP contribution < -0.4 is 16.4 Å². The molecule has 1 aromatic carbocycles. The second-order valence-corrected chi connectivity index (χ2v) is 11.8. The molecule has 3 aromatic rings. The monoisotopic (exact) mass is 582 g/mol. The molecule has 0 aliphatic heterocycles. The summed E-state index contributed by atoms with van der Waals surface area (Å²) in [7, 11) is 0. The molecule has 204 valence electrons. The van der Waals surface area contributed by atoms with Crippen LogP contribution in [0.5, 0.6) is 0 Å². The lowest BCUT2D eigenvalue weighted by molar-refractivity contribution is 0.0492. The molecule has 2 heterocycles. The van der Waals surface area contributed by atoms with Gasteiger partial charge in [0.25, 0.3) is 0 Å². The predicted octanol–water partition coefficient (Wildman–Crippen LogP) is 6.51. The number of halogens is 1. The zero-order valence-electron chi connectivity index (χ0n) is 23.0. The number of ether oxygens (including phenoxy) is 1. The predicted molar refractivity (Wildman–Crippen MR) is 158 cm³/mol. The van der Waals surface area contributed by atoms with Crippen molar-refractivity contribution >= 4 is 44.8 Å². The molecule has 0 bridgehead atoms. The van der Waals surface area contributed by atoms with Gasteiger partial charge in [0.05, 0.1) is 28.7 Å². The van der Waals surface area contributed by atoms with Crippen molar-refractivity contribution in [2.24, 2.45) is 10.7 Å². The Morgan fingerprint density at radius 3 is 2.39 bits per heavy atom. The molecule has 1 fully saturated rings.